The molecule has 2 aliphatic rings. The van der Waals surface area contributed by atoms with E-state index in [9.17, 15) is 4.79 Å². The van der Waals surface area contributed by atoms with Gasteiger partial charge in [0.25, 0.3) is 5.91 Å². The fraction of sp³-hybridized carbons (Fsp3) is 0.391. The molecule has 1 spiro atoms. The molecule has 156 valence electrons. The highest BCUT2D eigenvalue weighted by molar-refractivity contribution is 5.98. The van der Waals surface area contributed by atoms with E-state index in [0.29, 0.717) is 44.7 Å². The average Bonchev–Trinajstić information content (AvgIpc) is 3.48. The first-order valence-corrected chi connectivity index (χ1v) is 10.4. The number of likely N-dealkylation sites (tertiary alicyclic amines) is 1. The minimum absolute atomic E-state index is 0.00273. The summed E-state index contributed by atoms with van der Waals surface area (Å²) >= 11 is 0. The van der Waals surface area contributed by atoms with Gasteiger partial charge in [-0.15, -0.1) is 0 Å². The molecular weight excluding hydrogens is 380 g/mol. The number of amides is 1. The van der Waals surface area contributed by atoms with Crippen LogP contribution < -0.4 is 0 Å². The molecule has 0 unspecified atom stereocenters. The number of ether oxygens (including phenoxy) is 2. The number of benzene rings is 1. The Morgan fingerprint density at radius 1 is 1.03 bits per heavy atom. The Kier molecular flexibility index (Phi) is 4.72. The number of hydrogen-bond acceptors (Lipinski definition) is 4. The zero-order chi connectivity index (χ0) is 20.7. The summed E-state index contributed by atoms with van der Waals surface area (Å²) in [4.78, 5) is 15.5. The van der Waals surface area contributed by atoms with Crippen molar-refractivity contribution >= 4 is 5.91 Å². The first-order valence-electron chi connectivity index (χ1n) is 10.4. The van der Waals surface area contributed by atoms with E-state index in [2.05, 4.69) is 19.1 Å². The van der Waals surface area contributed by atoms with Gasteiger partial charge in [-0.05, 0) is 43.7 Å². The van der Waals surface area contributed by atoms with Crippen LogP contribution in [-0.4, -0.2) is 57.2 Å². The summed E-state index contributed by atoms with van der Waals surface area (Å²) in [5.74, 6) is 0.269. The van der Waals surface area contributed by atoms with Gasteiger partial charge in [-0.3, -0.25) is 4.79 Å². The summed E-state index contributed by atoms with van der Waals surface area (Å²) in [6.07, 6.45) is 5.29. The van der Waals surface area contributed by atoms with E-state index in [1.807, 2.05) is 57.7 Å². The molecule has 2 aromatic heterocycles. The predicted octanol–water partition coefficient (Wildman–Crippen LogP) is 3.26. The molecule has 1 amide bonds. The molecule has 0 radical (unpaired) electrons. The van der Waals surface area contributed by atoms with Gasteiger partial charge in [0.1, 0.15) is 5.56 Å². The Hall–Kier alpha value is -2.90. The first kappa shape index (κ1) is 19.1. The van der Waals surface area contributed by atoms with Gasteiger partial charge in [0, 0.05) is 38.3 Å². The third-order valence-electron chi connectivity index (χ3n) is 5.97. The van der Waals surface area contributed by atoms with Crippen LogP contribution in [0, 0.1) is 13.8 Å². The number of nitrogens with zero attached hydrogens (tertiary/aromatic N) is 4. The van der Waals surface area contributed by atoms with Crippen LogP contribution in [0.15, 0.2) is 48.8 Å². The lowest BCUT2D eigenvalue weighted by atomic mass is 10.0. The third kappa shape index (κ3) is 3.24. The standard InChI is InChI=1S/C23H26N4O3/c1-17-6-5-7-19(16-17)27-21(25-10-3-4-11-25)20(18(2)24-27)22(28)26-12-8-23(9-13-26)29-14-15-30-23/h3-7,10-11,16H,8-9,12-15H2,1-2H3. The molecule has 0 aliphatic carbocycles. The second kappa shape index (κ2) is 7.41. The molecule has 3 aromatic rings. The Bertz CT molecular complexity index is 1050. The van der Waals surface area contributed by atoms with Crippen LogP contribution in [0.4, 0.5) is 0 Å². The van der Waals surface area contributed by atoms with Crippen molar-refractivity contribution in [1.29, 1.82) is 0 Å². The highest BCUT2D eigenvalue weighted by atomic mass is 16.7. The van der Waals surface area contributed by atoms with Crippen LogP contribution in [0.2, 0.25) is 0 Å². The van der Waals surface area contributed by atoms with Gasteiger partial charge in [0.05, 0.1) is 24.6 Å². The number of carbonyl (C=O) groups excluding carboxylic acids is 1. The summed E-state index contributed by atoms with van der Waals surface area (Å²) in [6, 6.07) is 12.1. The lowest BCUT2D eigenvalue weighted by molar-refractivity contribution is -0.181. The molecule has 7 heteroatoms. The van der Waals surface area contributed by atoms with Crippen LogP contribution in [0.3, 0.4) is 0 Å². The van der Waals surface area contributed by atoms with Gasteiger partial charge in [-0.1, -0.05) is 12.1 Å². The van der Waals surface area contributed by atoms with Crippen LogP contribution in [0.25, 0.3) is 11.5 Å². The van der Waals surface area contributed by atoms with E-state index < -0.39 is 5.79 Å². The molecule has 5 rings (SSSR count). The van der Waals surface area contributed by atoms with Crippen molar-refractivity contribution in [1.82, 2.24) is 19.2 Å². The molecule has 0 saturated carbocycles. The lowest BCUT2D eigenvalue weighted by Gasteiger charge is -2.37. The van der Waals surface area contributed by atoms with Crippen molar-refractivity contribution in [2.45, 2.75) is 32.5 Å². The van der Waals surface area contributed by atoms with E-state index in [0.717, 1.165) is 22.8 Å². The molecule has 30 heavy (non-hydrogen) atoms. The fourth-order valence-corrected chi connectivity index (χ4v) is 4.41. The van der Waals surface area contributed by atoms with Gasteiger partial charge >= 0.3 is 0 Å². The topological polar surface area (TPSA) is 61.5 Å². The Morgan fingerprint density at radius 3 is 2.40 bits per heavy atom. The minimum atomic E-state index is -0.499. The first-order chi connectivity index (χ1) is 14.6. The van der Waals surface area contributed by atoms with Gasteiger partial charge in [0.15, 0.2) is 11.6 Å². The maximum atomic E-state index is 13.6. The van der Waals surface area contributed by atoms with E-state index in [4.69, 9.17) is 14.6 Å². The molecule has 4 heterocycles. The van der Waals surface area contributed by atoms with Crippen LogP contribution in [-0.2, 0) is 9.47 Å². The van der Waals surface area contributed by atoms with Gasteiger partial charge in [-0.2, -0.15) is 5.10 Å². The SMILES string of the molecule is Cc1cccc(-n2nc(C)c(C(=O)N3CCC4(CC3)OCCO4)c2-n2cccc2)c1. The van der Waals surface area contributed by atoms with Crippen molar-refractivity contribution in [3.05, 3.63) is 65.6 Å². The maximum Gasteiger partial charge on any atom is 0.259 e. The predicted molar refractivity (Wildman–Crippen MR) is 112 cm³/mol. The number of rotatable bonds is 3. The maximum absolute atomic E-state index is 13.6. The number of carbonyl (C=O) groups is 1. The number of piperidine rings is 1. The summed E-state index contributed by atoms with van der Waals surface area (Å²) in [5, 5.41) is 4.76. The highest BCUT2D eigenvalue weighted by Crippen LogP contribution is 2.33. The van der Waals surface area contributed by atoms with Crippen LogP contribution in [0.5, 0.6) is 0 Å². The van der Waals surface area contributed by atoms with Crippen molar-refractivity contribution in [2.24, 2.45) is 0 Å². The number of aryl methyl sites for hydroxylation is 2. The molecule has 0 atom stereocenters. The number of aromatic nitrogens is 3. The summed E-state index contributed by atoms with van der Waals surface area (Å²) in [7, 11) is 0. The van der Waals surface area contributed by atoms with Crippen molar-refractivity contribution in [3.8, 4) is 11.5 Å². The van der Waals surface area contributed by atoms with E-state index in [-0.39, 0.29) is 5.91 Å². The van der Waals surface area contributed by atoms with Crippen LogP contribution >= 0.6 is 0 Å². The van der Waals surface area contributed by atoms with Crippen molar-refractivity contribution in [3.63, 3.8) is 0 Å². The quantitative estimate of drug-likeness (QED) is 0.670. The van der Waals surface area contributed by atoms with Gasteiger partial charge in [-0.25, -0.2) is 4.68 Å². The smallest absolute Gasteiger partial charge is 0.259 e. The average molecular weight is 406 g/mol. The molecule has 2 aliphatic heterocycles. The lowest BCUT2D eigenvalue weighted by Crippen LogP contribution is -2.47. The van der Waals surface area contributed by atoms with E-state index >= 15 is 0 Å². The molecular formula is C23H26N4O3. The van der Waals surface area contributed by atoms with Crippen molar-refractivity contribution in [2.75, 3.05) is 26.3 Å². The Morgan fingerprint density at radius 2 is 1.73 bits per heavy atom. The minimum Gasteiger partial charge on any atom is -0.347 e. The molecule has 1 aromatic carbocycles. The highest BCUT2D eigenvalue weighted by Gasteiger charge is 2.41. The van der Waals surface area contributed by atoms with Gasteiger partial charge in [0.2, 0.25) is 0 Å². The summed E-state index contributed by atoms with van der Waals surface area (Å²) in [5.41, 5.74) is 3.44. The Balaban J connectivity index is 1.53. The zero-order valence-electron chi connectivity index (χ0n) is 17.4. The molecule has 0 bridgehead atoms. The molecule has 0 N–H and O–H groups in total. The van der Waals surface area contributed by atoms with Gasteiger partial charge < -0.3 is 18.9 Å². The monoisotopic (exact) mass is 406 g/mol. The zero-order valence-corrected chi connectivity index (χ0v) is 17.4. The third-order valence-corrected chi connectivity index (χ3v) is 5.97. The summed E-state index contributed by atoms with van der Waals surface area (Å²) in [6.45, 7) is 6.44. The van der Waals surface area contributed by atoms with Crippen LogP contribution in [0.1, 0.15) is 34.5 Å². The fourth-order valence-electron chi connectivity index (χ4n) is 4.41. The molecule has 2 saturated heterocycles. The van der Waals surface area contributed by atoms with E-state index in [1.165, 1.54) is 0 Å². The van der Waals surface area contributed by atoms with E-state index in [1.54, 1.807) is 0 Å². The Labute approximate surface area is 175 Å². The number of hydrogen-bond donors (Lipinski definition) is 0. The molecule has 7 nitrogen and oxygen atoms in total. The largest absolute Gasteiger partial charge is 0.347 e. The normalized spacial score (nSPS) is 18.3. The van der Waals surface area contributed by atoms with Crippen molar-refractivity contribution < 1.29 is 14.3 Å². The summed E-state index contributed by atoms with van der Waals surface area (Å²) < 4.78 is 15.5. The molecule has 2 fully saturated rings. The second-order valence-corrected chi connectivity index (χ2v) is 8.02. The second-order valence-electron chi connectivity index (χ2n) is 8.02.